The molecule has 136 valence electrons. The fourth-order valence-corrected chi connectivity index (χ4v) is 5.17. The molecule has 0 bridgehead atoms. The quantitative estimate of drug-likeness (QED) is 0.574. The average Bonchev–Trinajstić information content (AvgIpc) is 2.96. The third-order valence-corrected chi connectivity index (χ3v) is 6.57. The van der Waals surface area contributed by atoms with E-state index in [1.807, 2.05) is 26.0 Å². The summed E-state index contributed by atoms with van der Waals surface area (Å²) in [6.07, 6.45) is 0.322. The van der Waals surface area contributed by atoms with Gasteiger partial charge in [0.25, 0.3) is 0 Å². The zero-order valence-electron chi connectivity index (χ0n) is 15.4. The smallest absolute Gasteiger partial charge is 0.230 e. The van der Waals surface area contributed by atoms with Crippen molar-refractivity contribution in [1.29, 1.82) is 0 Å². The standard InChI is InChI=1S/C22H19ClN2OS/c1-5-6-14-7-8-19-15(9-14)16-10-17(18(23)11-20(16)27-19)22(3)12-21(26)25(4)13(2)24-22/h7-11,24H,2,12H2,1,3-4H3/t22-/m0/s1. The van der Waals surface area contributed by atoms with Gasteiger partial charge < -0.3 is 10.2 Å². The first-order valence-corrected chi connectivity index (χ1v) is 9.84. The van der Waals surface area contributed by atoms with E-state index in [2.05, 4.69) is 41.9 Å². The van der Waals surface area contributed by atoms with E-state index in [9.17, 15) is 4.79 Å². The van der Waals surface area contributed by atoms with Crippen LogP contribution in [0.3, 0.4) is 0 Å². The number of thiophene rings is 1. The molecule has 3 nitrogen and oxygen atoms in total. The maximum Gasteiger partial charge on any atom is 0.230 e. The number of carbonyl (C=O) groups is 1. The van der Waals surface area contributed by atoms with Gasteiger partial charge in [-0.05, 0) is 49.7 Å². The number of halogens is 1. The van der Waals surface area contributed by atoms with Crippen molar-refractivity contribution in [1.82, 2.24) is 10.2 Å². The molecule has 1 amide bonds. The van der Waals surface area contributed by atoms with Gasteiger partial charge in [-0.2, -0.15) is 0 Å². The van der Waals surface area contributed by atoms with E-state index in [1.165, 1.54) is 4.70 Å². The molecule has 1 fully saturated rings. The number of benzene rings is 2. The van der Waals surface area contributed by atoms with Crippen molar-refractivity contribution >= 4 is 49.0 Å². The lowest BCUT2D eigenvalue weighted by Gasteiger charge is -2.41. The van der Waals surface area contributed by atoms with Crippen LogP contribution in [0.2, 0.25) is 5.02 Å². The van der Waals surface area contributed by atoms with Crippen LogP contribution in [0.1, 0.15) is 31.4 Å². The lowest BCUT2D eigenvalue weighted by Crippen LogP contribution is -2.52. The number of nitrogens with one attached hydrogen (secondary N) is 1. The number of amides is 1. The molecular formula is C22H19ClN2OS. The van der Waals surface area contributed by atoms with Gasteiger partial charge in [-0.15, -0.1) is 17.3 Å². The van der Waals surface area contributed by atoms with E-state index in [4.69, 9.17) is 11.6 Å². The topological polar surface area (TPSA) is 32.3 Å². The maximum absolute atomic E-state index is 12.4. The molecule has 0 spiro atoms. The predicted molar refractivity (Wildman–Crippen MR) is 114 cm³/mol. The molecule has 0 unspecified atom stereocenters. The third-order valence-electron chi connectivity index (χ3n) is 5.13. The number of nitrogens with zero attached hydrogens (tertiary/aromatic N) is 1. The molecule has 1 aromatic heterocycles. The fourth-order valence-electron chi connectivity index (χ4n) is 3.62. The SMILES string of the molecule is C=C1N[C@](C)(c2cc3c(cc2Cl)sc2ccc(C#CC)cc23)CC(=O)N1C. The van der Waals surface area contributed by atoms with Crippen molar-refractivity contribution in [3.05, 3.63) is 58.9 Å². The molecule has 0 saturated carbocycles. The zero-order valence-corrected chi connectivity index (χ0v) is 17.0. The van der Waals surface area contributed by atoms with Crippen molar-refractivity contribution in [2.75, 3.05) is 7.05 Å². The Labute approximate surface area is 167 Å². The van der Waals surface area contributed by atoms with Crippen molar-refractivity contribution in [2.24, 2.45) is 0 Å². The van der Waals surface area contributed by atoms with Crippen LogP contribution >= 0.6 is 22.9 Å². The number of rotatable bonds is 1. The van der Waals surface area contributed by atoms with Gasteiger partial charge in [-0.3, -0.25) is 4.79 Å². The first kappa shape index (κ1) is 17.9. The molecule has 2 heterocycles. The predicted octanol–water partition coefficient (Wildman–Crippen LogP) is 5.22. The fraction of sp³-hybridized carbons (Fsp3) is 0.227. The second-order valence-corrected chi connectivity index (χ2v) is 8.54. The third kappa shape index (κ3) is 2.88. The van der Waals surface area contributed by atoms with Gasteiger partial charge in [0.05, 0.1) is 12.0 Å². The summed E-state index contributed by atoms with van der Waals surface area (Å²) in [5, 5.41) is 6.32. The van der Waals surface area contributed by atoms with Gasteiger partial charge in [0.15, 0.2) is 0 Å². The van der Waals surface area contributed by atoms with E-state index < -0.39 is 5.54 Å². The summed E-state index contributed by atoms with van der Waals surface area (Å²) >= 11 is 8.37. The molecule has 27 heavy (non-hydrogen) atoms. The molecule has 3 aromatic rings. The molecule has 2 aromatic carbocycles. The highest BCUT2D eigenvalue weighted by atomic mass is 35.5. The van der Waals surface area contributed by atoms with Crippen LogP contribution < -0.4 is 5.32 Å². The Hall–Kier alpha value is -2.48. The Morgan fingerprint density at radius 1 is 1.26 bits per heavy atom. The molecule has 1 saturated heterocycles. The van der Waals surface area contributed by atoms with Gasteiger partial charge in [-0.1, -0.05) is 24.1 Å². The summed E-state index contributed by atoms with van der Waals surface area (Å²) < 4.78 is 2.32. The minimum Gasteiger partial charge on any atom is -0.362 e. The van der Waals surface area contributed by atoms with Crippen LogP contribution in [-0.2, 0) is 10.3 Å². The molecule has 5 heteroatoms. The van der Waals surface area contributed by atoms with Crippen LogP contribution in [-0.4, -0.2) is 17.9 Å². The van der Waals surface area contributed by atoms with Gasteiger partial charge in [-0.25, -0.2) is 0 Å². The summed E-state index contributed by atoms with van der Waals surface area (Å²) in [6.45, 7) is 7.80. The Bertz CT molecular complexity index is 1160. The molecule has 1 aliphatic rings. The number of hydrogen-bond donors (Lipinski definition) is 1. The maximum atomic E-state index is 12.4. The summed E-state index contributed by atoms with van der Waals surface area (Å²) in [6, 6.07) is 10.4. The number of hydrogen-bond acceptors (Lipinski definition) is 3. The average molecular weight is 395 g/mol. The molecule has 4 rings (SSSR count). The van der Waals surface area contributed by atoms with Gasteiger partial charge in [0, 0.05) is 37.8 Å². The first-order valence-electron chi connectivity index (χ1n) is 8.65. The largest absolute Gasteiger partial charge is 0.362 e. The molecule has 1 atom stereocenters. The monoisotopic (exact) mass is 394 g/mol. The summed E-state index contributed by atoms with van der Waals surface area (Å²) in [5.41, 5.74) is 1.31. The van der Waals surface area contributed by atoms with E-state index in [0.717, 1.165) is 26.6 Å². The van der Waals surface area contributed by atoms with Crippen LogP contribution in [0.25, 0.3) is 20.2 Å². The van der Waals surface area contributed by atoms with E-state index in [0.29, 0.717) is 17.3 Å². The van der Waals surface area contributed by atoms with Crippen molar-refractivity contribution in [2.45, 2.75) is 25.8 Å². The lowest BCUT2D eigenvalue weighted by atomic mass is 9.85. The number of fused-ring (bicyclic) bond motifs is 3. The van der Waals surface area contributed by atoms with Crippen molar-refractivity contribution in [3.8, 4) is 11.8 Å². The molecule has 0 radical (unpaired) electrons. The summed E-state index contributed by atoms with van der Waals surface area (Å²) in [5.74, 6) is 6.68. The van der Waals surface area contributed by atoms with E-state index in [1.54, 1.807) is 23.3 Å². The van der Waals surface area contributed by atoms with Gasteiger partial charge in [0.1, 0.15) is 5.82 Å². The second-order valence-electron chi connectivity index (χ2n) is 7.05. The zero-order chi connectivity index (χ0) is 19.3. The Morgan fingerprint density at radius 2 is 2.00 bits per heavy atom. The van der Waals surface area contributed by atoms with Gasteiger partial charge in [0.2, 0.25) is 5.91 Å². The lowest BCUT2D eigenvalue weighted by molar-refractivity contribution is -0.132. The van der Waals surface area contributed by atoms with Crippen LogP contribution in [0.4, 0.5) is 0 Å². The van der Waals surface area contributed by atoms with Crippen molar-refractivity contribution in [3.63, 3.8) is 0 Å². The number of carbonyl (C=O) groups excluding carboxylic acids is 1. The minimum atomic E-state index is -0.596. The Morgan fingerprint density at radius 3 is 2.70 bits per heavy atom. The first-order chi connectivity index (χ1) is 12.8. The van der Waals surface area contributed by atoms with Crippen LogP contribution in [0.5, 0.6) is 0 Å². The minimum absolute atomic E-state index is 0.0214. The second kappa shape index (κ2) is 6.30. The van der Waals surface area contributed by atoms with E-state index >= 15 is 0 Å². The highest BCUT2D eigenvalue weighted by Gasteiger charge is 2.38. The molecular weight excluding hydrogens is 376 g/mol. The summed E-state index contributed by atoms with van der Waals surface area (Å²) in [7, 11) is 1.73. The Kier molecular flexibility index (Phi) is 4.18. The molecule has 0 aliphatic carbocycles. The molecule has 1 N–H and O–H groups in total. The van der Waals surface area contributed by atoms with Crippen LogP contribution in [0.15, 0.2) is 42.7 Å². The van der Waals surface area contributed by atoms with Crippen molar-refractivity contribution < 1.29 is 4.79 Å². The highest BCUT2D eigenvalue weighted by molar-refractivity contribution is 7.25. The van der Waals surface area contributed by atoms with Crippen LogP contribution in [0, 0.1) is 11.8 Å². The Balaban J connectivity index is 1.93. The highest BCUT2D eigenvalue weighted by Crippen LogP contribution is 2.42. The normalized spacial score (nSPS) is 19.9. The summed E-state index contributed by atoms with van der Waals surface area (Å²) in [4.78, 5) is 14.0. The molecule has 1 aliphatic heterocycles. The van der Waals surface area contributed by atoms with E-state index in [-0.39, 0.29) is 5.91 Å². The van der Waals surface area contributed by atoms with Gasteiger partial charge >= 0.3 is 0 Å².